The fourth-order valence-corrected chi connectivity index (χ4v) is 6.03. The fourth-order valence-electron chi connectivity index (χ4n) is 4.33. The number of aromatic nitrogens is 5. The van der Waals surface area contributed by atoms with E-state index in [1.807, 2.05) is 54.6 Å². The lowest BCUT2D eigenvalue weighted by Crippen LogP contribution is -2.32. The molecule has 4 heterocycles. The molecule has 0 unspecified atom stereocenters. The second-order valence-electron chi connectivity index (χ2n) is 9.03. The van der Waals surface area contributed by atoms with E-state index in [0.29, 0.717) is 26.5 Å². The number of anilines is 1. The van der Waals surface area contributed by atoms with Crippen LogP contribution < -0.4 is 21.1 Å². The number of carbonyl (C=O) groups excluding carboxylic acids is 1. The van der Waals surface area contributed by atoms with Crippen molar-refractivity contribution in [2.45, 2.75) is 16.6 Å². The van der Waals surface area contributed by atoms with Crippen LogP contribution in [0.15, 0.2) is 94.2 Å². The maximum Gasteiger partial charge on any atom is 0.267 e. The number of thioether (sulfide) groups is 1. The van der Waals surface area contributed by atoms with Crippen molar-refractivity contribution in [2.24, 2.45) is 0 Å². The van der Waals surface area contributed by atoms with Gasteiger partial charge in [0, 0.05) is 11.9 Å². The molecule has 0 saturated heterocycles. The van der Waals surface area contributed by atoms with Gasteiger partial charge in [0.05, 0.1) is 24.6 Å². The highest BCUT2D eigenvalue weighted by Gasteiger charge is 2.19. The zero-order valence-corrected chi connectivity index (χ0v) is 23.4. The minimum absolute atomic E-state index is 0.0227. The third-order valence-electron chi connectivity index (χ3n) is 6.39. The average molecular weight is 582 g/mol. The monoisotopic (exact) mass is 581 g/mol. The average Bonchev–Trinajstić information content (AvgIpc) is 3.45. The standard InChI is InChI=1S/C29H23N7O3S2/c1-39-20-12-10-18(11-13-20)16-36-24(30)21(15-22-25(36)31-23-9-5-6-14-35(23)27(22)38)26(37)32-28-33-34-29(41-28)40-17-19-7-3-2-4-8-19/h2-15,30H,16-17H2,1H3,(H,32,33,37). The Labute approximate surface area is 241 Å². The molecular weight excluding hydrogens is 558 g/mol. The Morgan fingerprint density at radius 3 is 2.59 bits per heavy atom. The number of hydrogen-bond donors (Lipinski definition) is 2. The predicted octanol–water partition coefficient (Wildman–Crippen LogP) is 4.58. The van der Waals surface area contributed by atoms with E-state index >= 15 is 0 Å². The molecule has 0 atom stereocenters. The number of nitrogens with one attached hydrogen (secondary N) is 2. The summed E-state index contributed by atoms with van der Waals surface area (Å²) in [7, 11) is 1.59. The van der Waals surface area contributed by atoms with E-state index in [9.17, 15) is 9.59 Å². The number of carbonyl (C=O) groups is 1. The van der Waals surface area contributed by atoms with Crippen molar-refractivity contribution in [3.63, 3.8) is 0 Å². The Morgan fingerprint density at radius 2 is 1.80 bits per heavy atom. The summed E-state index contributed by atoms with van der Waals surface area (Å²) in [6.45, 7) is 0.217. The molecule has 0 radical (unpaired) electrons. The molecule has 41 heavy (non-hydrogen) atoms. The van der Waals surface area contributed by atoms with Gasteiger partial charge in [0.15, 0.2) is 4.34 Å². The van der Waals surface area contributed by atoms with E-state index in [2.05, 4.69) is 20.5 Å². The molecule has 0 fully saturated rings. The molecule has 204 valence electrons. The van der Waals surface area contributed by atoms with Gasteiger partial charge in [0.1, 0.15) is 22.5 Å². The largest absolute Gasteiger partial charge is 0.497 e. The van der Waals surface area contributed by atoms with Gasteiger partial charge in [-0.15, -0.1) is 10.2 Å². The van der Waals surface area contributed by atoms with Crippen LogP contribution in [0.2, 0.25) is 0 Å². The Hall–Kier alpha value is -4.81. The van der Waals surface area contributed by atoms with Crippen LogP contribution in [0.25, 0.3) is 16.7 Å². The predicted molar refractivity (Wildman–Crippen MR) is 159 cm³/mol. The first kappa shape index (κ1) is 26.4. The highest BCUT2D eigenvalue weighted by Crippen LogP contribution is 2.28. The molecule has 0 spiro atoms. The lowest BCUT2D eigenvalue weighted by Gasteiger charge is -2.15. The van der Waals surface area contributed by atoms with Crippen LogP contribution >= 0.6 is 23.1 Å². The van der Waals surface area contributed by atoms with Gasteiger partial charge in [-0.2, -0.15) is 0 Å². The number of rotatable bonds is 8. The molecule has 2 aromatic carbocycles. The molecule has 0 aliphatic heterocycles. The van der Waals surface area contributed by atoms with Crippen molar-refractivity contribution < 1.29 is 9.53 Å². The van der Waals surface area contributed by atoms with Crippen LogP contribution in [0.5, 0.6) is 5.75 Å². The van der Waals surface area contributed by atoms with Crippen molar-refractivity contribution in [3.8, 4) is 5.75 Å². The SMILES string of the molecule is COc1ccc(Cn2c(=N)c(C(=O)Nc3nnc(SCc4ccccc4)s3)cc3c(=O)n4ccccc4nc32)cc1. The molecule has 0 saturated carbocycles. The van der Waals surface area contributed by atoms with Crippen molar-refractivity contribution in [2.75, 3.05) is 12.4 Å². The van der Waals surface area contributed by atoms with E-state index in [0.717, 1.165) is 16.9 Å². The number of amides is 1. The van der Waals surface area contributed by atoms with E-state index in [1.165, 1.54) is 33.6 Å². The van der Waals surface area contributed by atoms with Gasteiger partial charge < -0.3 is 9.30 Å². The molecule has 0 aliphatic rings. The van der Waals surface area contributed by atoms with Crippen LogP contribution in [0, 0.1) is 5.41 Å². The van der Waals surface area contributed by atoms with Crippen LogP contribution in [0.1, 0.15) is 21.5 Å². The first-order chi connectivity index (χ1) is 20.0. The molecule has 4 aromatic heterocycles. The Bertz CT molecular complexity index is 2000. The number of methoxy groups -OCH3 is 1. The summed E-state index contributed by atoms with van der Waals surface area (Å²) in [5.41, 5.74) is 2.37. The summed E-state index contributed by atoms with van der Waals surface area (Å²) in [6, 6.07) is 24.1. The molecule has 0 bridgehead atoms. The number of fused-ring (bicyclic) bond motifs is 2. The Morgan fingerprint density at radius 1 is 1.02 bits per heavy atom. The number of pyridine rings is 2. The van der Waals surface area contributed by atoms with E-state index in [1.54, 1.807) is 36.1 Å². The Balaban J connectivity index is 1.36. The summed E-state index contributed by atoms with van der Waals surface area (Å²) in [6.07, 6.45) is 1.63. The topological polar surface area (TPSA) is 127 Å². The molecule has 2 N–H and O–H groups in total. The van der Waals surface area contributed by atoms with Gasteiger partial charge in [-0.05, 0) is 41.5 Å². The smallest absolute Gasteiger partial charge is 0.267 e. The molecular formula is C29H23N7O3S2. The molecule has 12 heteroatoms. The van der Waals surface area contributed by atoms with E-state index in [4.69, 9.17) is 10.1 Å². The van der Waals surface area contributed by atoms with Gasteiger partial charge in [-0.1, -0.05) is 71.6 Å². The van der Waals surface area contributed by atoms with Gasteiger partial charge >= 0.3 is 0 Å². The minimum atomic E-state index is -0.561. The van der Waals surface area contributed by atoms with Gasteiger partial charge in [0.2, 0.25) is 5.13 Å². The summed E-state index contributed by atoms with van der Waals surface area (Å²) >= 11 is 2.77. The van der Waals surface area contributed by atoms with Crippen molar-refractivity contribution >= 4 is 50.8 Å². The quantitative estimate of drug-likeness (QED) is 0.153. The molecule has 10 nitrogen and oxygen atoms in total. The van der Waals surface area contributed by atoms with Gasteiger partial charge in [0.25, 0.3) is 11.5 Å². The van der Waals surface area contributed by atoms with E-state index < -0.39 is 5.91 Å². The third-order valence-corrected chi connectivity index (χ3v) is 8.44. The van der Waals surface area contributed by atoms with Crippen molar-refractivity contribution in [1.29, 1.82) is 5.41 Å². The lowest BCUT2D eigenvalue weighted by molar-refractivity contribution is 0.102. The molecule has 1 amide bonds. The number of nitrogens with zero attached hydrogens (tertiary/aromatic N) is 5. The maximum absolute atomic E-state index is 13.5. The van der Waals surface area contributed by atoms with E-state index in [-0.39, 0.29) is 28.5 Å². The van der Waals surface area contributed by atoms with Crippen LogP contribution in [-0.2, 0) is 12.3 Å². The fraction of sp³-hybridized carbons (Fsp3) is 0.103. The normalized spacial score (nSPS) is 11.1. The number of ether oxygens (including phenoxy) is 1. The highest BCUT2D eigenvalue weighted by atomic mass is 32.2. The summed E-state index contributed by atoms with van der Waals surface area (Å²) in [5, 5.41) is 20.6. The summed E-state index contributed by atoms with van der Waals surface area (Å²) < 4.78 is 8.96. The molecule has 6 rings (SSSR count). The zero-order valence-electron chi connectivity index (χ0n) is 21.8. The van der Waals surface area contributed by atoms with Crippen LogP contribution in [-0.4, -0.2) is 37.2 Å². The van der Waals surface area contributed by atoms with Crippen LogP contribution in [0.4, 0.5) is 5.13 Å². The minimum Gasteiger partial charge on any atom is -0.497 e. The molecule has 0 aliphatic carbocycles. The highest BCUT2D eigenvalue weighted by molar-refractivity contribution is 8.00. The summed E-state index contributed by atoms with van der Waals surface area (Å²) in [4.78, 5) is 31.7. The van der Waals surface area contributed by atoms with Crippen LogP contribution in [0.3, 0.4) is 0 Å². The van der Waals surface area contributed by atoms with Crippen molar-refractivity contribution in [3.05, 3.63) is 118 Å². The second kappa shape index (κ2) is 11.4. The first-order valence-corrected chi connectivity index (χ1v) is 14.3. The first-order valence-electron chi connectivity index (χ1n) is 12.5. The van der Waals surface area contributed by atoms with Gasteiger partial charge in [-0.3, -0.25) is 24.7 Å². The number of hydrogen-bond acceptors (Lipinski definition) is 9. The zero-order chi connectivity index (χ0) is 28.3. The lowest BCUT2D eigenvalue weighted by atomic mass is 10.1. The molecule has 6 aromatic rings. The Kier molecular flexibility index (Phi) is 7.32. The van der Waals surface area contributed by atoms with Crippen molar-refractivity contribution in [1.82, 2.24) is 24.1 Å². The third kappa shape index (κ3) is 5.47. The summed E-state index contributed by atoms with van der Waals surface area (Å²) in [5.74, 6) is 0.860. The van der Waals surface area contributed by atoms with Gasteiger partial charge in [-0.25, -0.2) is 4.98 Å². The number of benzene rings is 2. The maximum atomic E-state index is 13.5. The second-order valence-corrected chi connectivity index (χ2v) is 11.2.